The Morgan fingerprint density at radius 3 is 1.88 bits per heavy atom. The molecule has 0 aliphatic heterocycles. The molecule has 0 saturated heterocycles. The van der Waals surface area contributed by atoms with Crippen molar-refractivity contribution in [1.82, 2.24) is 9.13 Å². The molecule has 3 aromatic heterocycles. The molecule has 0 unspecified atom stereocenters. The highest BCUT2D eigenvalue weighted by atomic mass is 32.1. The molecule has 10 rings (SSSR count). The standard InChI is InChI=1S/C44H24N4S/c45-25-27-17-20-39-35(23-27)30-11-4-6-15-37(30)48(39)40-21-18-28(26-46)24-36(40)32-14-8-13-31-33-19-22-41-42(44(33)49-43(31)32)34-12-5-7-16-38(34)47(41)29-9-2-1-3-10-29/h1-24H. The van der Waals surface area contributed by atoms with E-state index in [0.717, 1.165) is 44.3 Å². The summed E-state index contributed by atoms with van der Waals surface area (Å²) in [6.45, 7) is 0. The van der Waals surface area contributed by atoms with Gasteiger partial charge in [-0.25, -0.2) is 0 Å². The fourth-order valence-corrected chi connectivity index (χ4v) is 9.08. The maximum Gasteiger partial charge on any atom is 0.0991 e. The first-order valence-electron chi connectivity index (χ1n) is 16.1. The van der Waals surface area contributed by atoms with Gasteiger partial charge >= 0.3 is 0 Å². The summed E-state index contributed by atoms with van der Waals surface area (Å²) in [4.78, 5) is 0. The lowest BCUT2D eigenvalue weighted by Crippen LogP contribution is -1.98. The zero-order valence-electron chi connectivity index (χ0n) is 26.1. The molecule has 5 heteroatoms. The second-order valence-corrected chi connectivity index (χ2v) is 13.4. The van der Waals surface area contributed by atoms with Crippen LogP contribution in [0.3, 0.4) is 0 Å². The quantitative estimate of drug-likeness (QED) is 0.193. The smallest absolute Gasteiger partial charge is 0.0991 e. The van der Waals surface area contributed by atoms with Crippen LogP contribution in [0.4, 0.5) is 0 Å². The fourth-order valence-electron chi connectivity index (χ4n) is 7.69. The van der Waals surface area contributed by atoms with Crippen molar-refractivity contribution >= 4 is 75.1 Å². The topological polar surface area (TPSA) is 57.4 Å². The third-order valence-electron chi connectivity index (χ3n) is 9.77. The Morgan fingerprint density at radius 1 is 0.429 bits per heavy atom. The van der Waals surface area contributed by atoms with Crippen LogP contribution in [0, 0.1) is 22.7 Å². The Kier molecular flexibility index (Phi) is 5.84. The molecule has 0 aliphatic carbocycles. The highest BCUT2D eigenvalue weighted by molar-refractivity contribution is 7.27. The molecule has 0 saturated carbocycles. The van der Waals surface area contributed by atoms with Crippen molar-refractivity contribution in [3.05, 3.63) is 157 Å². The maximum absolute atomic E-state index is 10.1. The summed E-state index contributed by atoms with van der Waals surface area (Å²) in [5.41, 5.74) is 9.89. The van der Waals surface area contributed by atoms with E-state index in [1.54, 1.807) is 0 Å². The van der Waals surface area contributed by atoms with Crippen molar-refractivity contribution in [1.29, 1.82) is 10.5 Å². The predicted octanol–water partition coefficient (Wildman–Crippen LogP) is 11.7. The fraction of sp³-hybridized carbons (Fsp3) is 0. The monoisotopic (exact) mass is 640 g/mol. The van der Waals surface area contributed by atoms with Crippen molar-refractivity contribution < 1.29 is 0 Å². The molecule has 0 radical (unpaired) electrons. The van der Waals surface area contributed by atoms with E-state index in [4.69, 9.17) is 0 Å². The van der Waals surface area contributed by atoms with Crippen molar-refractivity contribution in [3.63, 3.8) is 0 Å². The number of hydrogen-bond donors (Lipinski definition) is 0. The van der Waals surface area contributed by atoms with Gasteiger partial charge < -0.3 is 9.13 Å². The Hall–Kier alpha value is -6.66. The lowest BCUT2D eigenvalue weighted by atomic mass is 9.98. The van der Waals surface area contributed by atoms with E-state index in [1.165, 1.54) is 42.0 Å². The zero-order valence-corrected chi connectivity index (χ0v) is 26.9. The molecule has 0 aliphatic rings. The largest absolute Gasteiger partial charge is 0.309 e. The van der Waals surface area contributed by atoms with E-state index >= 15 is 0 Å². The Bertz CT molecular complexity index is 3070. The van der Waals surface area contributed by atoms with Crippen LogP contribution in [-0.4, -0.2) is 9.13 Å². The first-order valence-corrected chi connectivity index (χ1v) is 17.0. The number of para-hydroxylation sites is 3. The third kappa shape index (κ3) is 3.88. The van der Waals surface area contributed by atoms with Crippen LogP contribution in [0.25, 0.3) is 86.3 Å². The number of nitrogens with zero attached hydrogens (tertiary/aromatic N) is 4. The summed E-state index contributed by atoms with van der Waals surface area (Å²) >= 11 is 1.83. The van der Waals surface area contributed by atoms with Gasteiger partial charge in [0.1, 0.15) is 0 Å². The molecule has 0 fully saturated rings. The van der Waals surface area contributed by atoms with E-state index in [-0.39, 0.29) is 0 Å². The summed E-state index contributed by atoms with van der Waals surface area (Å²) in [6.07, 6.45) is 0. The summed E-state index contributed by atoms with van der Waals surface area (Å²) in [6, 6.07) is 55.2. The minimum atomic E-state index is 0.609. The average Bonchev–Trinajstić information content (AvgIpc) is 3.82. The van der Waals surface area contributed by atoms with E-state index < -0.39 is 0 Å². The minimum absolute atomic E-state index is 0.609. The molecule has 7 aromatic carbocycles. The van der Waals surface area contributed by atoms with Crippen LogP contribution in [0.2, 0.25) is 0 Å². The normalized spacial score (nSPS) is 11.6. The van der Waals surface area contributed by atoms with Gasteiger partial charge in [-0.15, -0.1) is 11.3 Å². The van der Waals surface area contributed by atoms with E-state index in [2.05, 4.69) is 130 Å². The number of fused-ring (bicyclic) bond motifs is 10. The highest BCUT2D eigenvalue weighted by Gasteiger charge is 2.21. The Morgan fingerprint density at radius 2 is 1.06 bits per heavy atom. The molecule has 4 nitrogen and oxygen atoms in total. The van der Waals surface area contributed by atoms with E-state index in [9.17, 15) is 10.5 Å². The number of rotatable bonds is 3. The van der Waals surface area contributed by atoms with Gasteiger partial charge in [0.15, 0.2) is 0 Å². The van der Waals surface area contributed by atoms with Crippen LogP contribution < -0.4 is 0 Å². The molecule has 0 atom stereocenters. The second kappa shape index (κ2) is 10.4. The molecule has 0 N–H and O–H groups in total. The summed E-state index contributed by atoms with van der Waals surface area (Å²) in [5.74, 6) is 0. The average molecular weight is 641 g/mol. The number of thiophene rings is 1. The van der Waals surface area contributed by atoms with Crippen LogP contribution in [-0.2, 0) is 0 Å². The van der Waals surface area contributed by atoms with Gasteiger partial charge in [0, 0.05) is 58.5 Å². The van der Waals surface area contributed by atoms with Gasteiger partial charge in [0.05, 0.1) is 51.0 Å². The molecule has 49 heavy (non-hydrogen) atoms. The van der Waals surface area contributed by atoms with Crippen LogP contribution in [0.5, 0.6) is 0 Å². The first kappa shape index (κ1) is 27.5. The van der Waals surface area contributed by atoms with E-state index in [0.29, 0.717) is 11.1 Å². The maximum atomic E-state index is 10.1. The summed E-state index contributed by atoms with van der Waals surface area (Å²) in [7, 11) is 0. The van der Waals surface area contributed by atoms with Crippen molar-refractivity contribution in [2.45, 2.75) is 0 Å². The van der Waals surface area contributed by atoms with Crippen LogP contribution >= 0.6 is 11.3 Å². The zero-order chi connectivity index (χ0) is 32.6. The molecular weight excluding hydrogens is 617 g/mol. The number of hydrogen-bond acceptors (Lipinski definition) is 3. The number of nitriles is 2. The second-order valence-electron chi connectivity index (χ2n) is 12.3. The first-order chi connectivity index (χ1) is 24.2. The number of benzene rings is 7. The van der Waals surface area contributed by atoms with Gasteiger partial charge in [-0.2, -0.15) is 10.5 Å². The molecule has 0 spiro atoms. The third-order valence-corrected chi connectivity index (χ3v) is 11.0. The molecule has 0 bridgehead atoms. The summed E-state index contributed by atoms with van der Waals surface area (Å²) in [5, 5.41) is 26.8. The highest BCUT2D eigenvalue weighted by Crippen LogP contribution is 2.47. The SMILES string of the molecule is N#Cc1ccc(-n2c3ccccc3c3cc(C#N)ccc32)c(-c2cccc3c2sc2c3ccc3c2c2ccccc2n3-c2ccccc2)c1. The Labute approximate surface area is 285 Å². The molecular formula is C44H24N4S. The van der Waals surface area contributed by atoms with Crippen molar-refractivity contribution in [3.8, 4) is 34.6 Å². The predicted molar refractivity (Wildman–Crippen MR) is 203 cm³/mol. The van der Waals surface area contributed by atoms with Gasteiger partial charge in [0.2, 0.25) is 0 Å². The minimum Gasteiger partial charge on any atom is -0.309 e. The summed E-state index contributed by atoms with van der Waals surface area (Å²) < 4.78 is 7.08. The van der Waals surface area contributed by atoms with Crippen LogP contribution in [0.15, 0.2) is 146 Å². The van der Waals surface area contributed by atoms with Gasteiger partial charge in [-0.3, -0.25) is 0 Å². The van der Waals surface area contributed by atoms with Gasteiger partial charge in [0.25, 0.3) is 0 Å². The lowest BCUT2D eigenvalue weighted by Gasteiger charge is -2.15. The van der Waals surface area contributed by atoms with Crippen molar-refractivity contribution in [2.75, 3.05) is 0 Å². The van der Waals surface area contributed by atoms with Gasteiger partial charge in [-0.1, -0.05) is 78.9 Å². The number of aromatic nitrogens is 2. The molecule has 10 aromatic rings. The van der Waals surface area contributed by atoms with Crippen molar-refractivity contribution in [2.24, 2.45) is 0 Å². The Balaban J connectivity index is 1.30. The molecule has 226 valence electrons. The van der Waals surface area contributed by atoms with E-state index in [1.807, 2.05) is 47.7 Å². The van der Waals surface area contributed by atoms with Gasteiger partial charge in [-0.05, 0) is 66.7 Å². The van der Waals surface area contributed by atoms with Crippen LogP contribution in [0.1, 0.15) is 11.1 Å². The lowest BCUT2D eigenvalue weighted by molar-refractivity contribution is 1.18. The molecule has 3 heterocycles. The molecule has 0 amide bonds.